The number of amides is 1. The number of carbonyl (C=O) groups excluding carboxylic acids is 1. The van der Waals surface area contributed by atoms with Crippen molar-refractivity contribution in [3.63, 3.8) is 0 Å². The minimum absolute atomic E-state index is 0.0733. The number of hydrogen-bond acceptors (Lipinski definition) is 5. The van der Waals surface area contributed by atoms with E-state index in [9.17, 15) is 4.79 Å². The number of allylic oxidation sites excluding steroid dienone is 6. The lowest BCUT2D eigenvalue weighted by molar-refractivity contribution is -0.122. The summed E-state index contributed by atoms with van der Waals surface area (Å²) in [5.41, 5.74) is 7.52. The molecule has 0 bridgehead atoms. The van der Waals surface area contributed by atoms with Crippen molar-refractivity contribution in [2.75, 3.05) is 19.6 Å². The van der Waals surface area contributed by atoms with E-state index in [1.807, 2.05) is 48.1 Å². The van der Waals surface area contributed by atoms with Gasteiger partial charge in [0, 0.05) is 43.5 Å². The first-order valence-corrected chi connectivity index (χ1v) is 11.6. The normalized spacial score (nSPS) is 25.3. The Morgan fingerprint density at radius 1 is 1.24 bits per heavy atom. The molecule has 3 aliphatic heterocycles. The quantitative estimate of drug-likeness (QED) is 0.790. The molecule has 7 nitrogen and oxygen atoms in total. The zero-order chi connectivity index (χ0) is 23.1. The van der Waals surface area contributed by atoms with E-state index < -0.39 is 0 Å². The predicted molar refractivity (Wildman–Crippen MR) is 130 cm³/mol. The largest absolute Gasteiger partial charge is 0.368 e. The summed E-state index contributed by atoms with van der Waals surface area (Å²) in [5.74, 6) is -0.0733. The lowest BCUT2D eigenvalue weighted by Crippen LogP contribution is -2.49. The fourth-order valence-electron chi connectivity index (χ4n) is 4.70. The average Bonchev–Trinajstić information content (AvgIpc) is 3.20. The lowest BCUT2D eigenvalue weighted by atomic mass is 10.0. The van der Waals surface area contributed by atoms with Crippen LogP contribution >= 0.6 is 0 Å². The van der Waals surface area contributed by atoms with Gasteiger partial charge in [0.15, 0.2) is 0 Å². The summed E-state index contributed by atoms with van der Waals surface area (Å²) < 4.78 is 1.87. The molecule has 2 aromatic heterocycles. The summed E-state index contributed by atoms with van der Waals surface area (Å²) in [6.07, 6.45) is 14.5. The number of aromatic nitrogens is 3. The number of aryl methyl sites for hydroxylation is 2. The van der Waals surface area contributed by atoms with Crippen LogP contribution in [0, 0.1) is 6.92 Å². The molecule has 0 unspecified atom stereocenters. The second-order valence-corrected chi connectivity index (χ2v) is 8.94. The van der Waals surface area contributed by atoms with Crippen LogP contribution < -0.4 is 5.32 Å². The summed E-state index contributed by atoms with van der Waals surface area (Å²) in [7, 11) is 0. The maximum absolute atomic E-state index is 13.4. The van der Waals surface area contributed by atoms with Crippen molar-refractivity contribution in [1.82, 2.24) is 29.7 Å². The van der Waals surface area contributed by atoms with E-state index in [1.54, 1.807) is 11.0 Å². The van der Waals surface area contributed by atoms with Gasteiger partial charge in [0.2, 0.25) is 0 Å². The first-order chi connectivity index (χ1) is 15.9. The van der Waals surface area contributed by atoms with E-state index in [2.05, 4.69) is 42.0 Å². The number of carbonyl (C=O) groups is 1. The number of nitrogens with zero attached hydrogens (tertiary/aromatic N) is 5. The van der Waals surface area contributed by atoms with Crippen LogP contribution in [0.3, 0.4) is 0 Å². The van der Waals surface area contributed by atoms with Gasteiger partial charge in [-0.25, -0.2) is 4.52 Å². The van der Waals surface area contributed by atoms with Crippen molar-refractivity contribution in [2.24, 2.45) is 0 Å². The molecular weight excluding hydrogens is 412 g/mol. The number of hydrogen-bond donors (Lipinski definition) is 1. The number of piperazine rings is 1. The first kappa shape index (κ1) is 21.4. The van der Waals surface area contributed by atoms with Gasteiger partial charge in [-0.2, -0.15) is 5.10 Å². The number of fused-ring (bicyclic) bond motifs is 2. The average molecular weight is 443 g/mol. The molecule has 0 spiro atoms. The summed E-state index contributed by atoms with van der Waals surface area (Å²) in [6.45, 7) is 11.1. The molecule has 5 rings (SSSR count). The first-order valence-electron chi connectivity index (χ1n) is 11.6. The third kappa shape index (κ3) is 4.04. The fraction of sp³-hybridized carbons (Fsp3) is 0.346. The molecule has 2 aromatic rings. The van der Waals surface area contributed by atoms with Crippen LogP contribution in [0.25, 0.3) is 11.1 Å². The number of rotatable bonds is 3. The molecule has 0 radical (unpaired) electrons. The summed E-state index contributed by atoms with van der Waals surface area (Å²) >= 11 is 0. The van der Waals surface area contributed by atoms with Crippen molar-refractivity contribution < 1.29 is 4.79 Å². The Kier molecular flexibility index (Phi) is 5.50. The highest BCUT2D eigenvalue weighted by atomic mass is 16.2. The van der Waals surface area contributed by atoms with Crippen molar-refractivity contribution in [3.8, 4) is 0 Å². The summed E-state index contributed by atoms with van der Waals surface area (Å²) in [6, 6.07) is 2.44. The van der Waals surface area contributed by atoms with Crippen LogP contribution in [0.5, 0.6) is 0 Å². The molecule has 3 aliphatic rings. The maximum atomic E-state index is 13.4. The Morgan fingerprint density at radius 3 is 2.88 bits per heavy atom. The van der Waals surface area contributed by atoms with Gasteiger partial charge in [0.1, 0.15) is 0 Å². The fourth-order valence-corrected chi connectivity index (χ4v) is 4.70. The Morgan fingerprint density at radius 2 is 2.09 bits per heavy atom. The van der Waals surface area contributed by atoms with Gasteiger partial charge in [-0.3, -0.25) is 14.7 Å². The third-order valence-corrected chi connectivity index (χ3v) is 6.35. The molecule has 1 N–H and O–H groups in total. The molecule has 0 aromatic carbocycles. The molecule has 33 heavy (non-hydrogen) atoms. The van der Waals surface area contributed by atoms with Crippen molar-refractivity contribution in [2.45, 2.75) is 40.2 Å². The second kappa shape index (κ2) is 8.48. The highest BCUT2D eigenvalue weighted by Crippen LogP contribution is 2.29. The Labute approximate surface area is 194 Å². The minimum atomic E-state index is -0.0733. The van der Waals surface area contributed by atoms with Gasteiger partial charge in [0.25, 0.3) is 5.91 Å². The Balaban J connectivity index is 1.52. The second-order valence-electron chi connectivity index (χ2n) is 8.94. The molecule has 7 heteroatoms. The van der Waals surface area contributed by atoms with E-state index in [4.69, 9.17) is 5.10 Å². The third-order valence-electron chi connectivity index (χ3n) is 6.35. The smallest absolute Gasteiger partial charge is 0.255 e. The molecule has 1 atom stereocenters. The minimum Gasteiger partial charge on any atom is -0.368 e. The van der Waals surface area contributed by atoms with Gasteiger partial charge in [-0.05, 0) is 51.0 Å². The van der Waals surface area contributed by atoms with Crippen LogP contribution in [-0.4, -0.2) is 56.0 Å². The Hall–Kier alpha value is -3.45. The molecule has 0 aliphatic carbocycles. The van der Waals surface area contributed by atoms with E-state index in [0.29, 0.717) is 6.04 Å². The zero-order valence-corrected chi connectivity index (χ0v) is 19.7. The summed E-state index contributed by atoms with van der Waals surface area (Å²) in [5, 5.41) is 8.23. The van der Waals surface area contributed by atoms with E-state index >= 15 is 0 Å². The van der Waals surface area contributed by atoms with Gasteiger partial charge in [0.05, 0.1) is 40.2 Å². The van der Waals surface area contributed by atoms with E-state index in [1.165, 1.54) is 0 Å². The molecule has 1 amide bonds. The molecule has 170 valence electrons. The molecule has 1 saturated heterocycles. The van der Waals surface area contributed by atoms with Gasteiger partial charge >= 0.3 is 0 Å². The highest BCUT2D eigenvalue weighted by molar-refractivity contribution is 5.99. The zero-order valence-electron chi connectivity index (χ0n) is 19.7. The standard InChI is InChI=1S/C26H30N6O/c1-5-22-25-13-23(29-32(25)15-19(4)28-22)20-7-6-8-24-17(2)11-21(16-31(24)26(33)12-20)30-10-9-27-18(3)14-30/h6-8,11-13,15-16,18,27H,5,9-10,14H2,1-4H3/b7-6+,20-12+,24-8+/t18-/m1/s1. The van der Waals surface area contributed by atoms with Crippen LogP contribution in [0.1, 0.15) is 37.9 Å². The highest BCUT2D eigenvalue weighted by Gasteiger charge is 2.26. The number of nitrogens with one attached hydrogen (secondary N) is 1. The van der Waals surface area contributed by atoms with Crippen LogP contribution in [0.15, 0.2) is 65.8 Å². The van der Waals surface area contributed by atoms with Crippen LogP contribution in [-0.2, 0) is 11.2 Å². The van der Waals surface area contributed by atoms with Crippen molar-refractivity contribution >= 4 is 17.0 Å². The lowest BCUT2D eigenvalue weighted by Gasteiger charge is -2.37. The van der Waals surface area contributed by atoms with Crippen LogP contribution in [0.2, 0.25) is 0 Å². The van der Waals surface area contributed by atoms with Gasteiger partial charge in [-0.1, -0.05) is 19.1 Å². The van der Waals surface area contributed by atoms with E-state index in [-0.39, 0.29) is 5.91 Å². The topological polar surface area (TPSA) is 65.8 Å². The molecule has 1 fully saturated rings. The summed E-state index contributed by atoms with van der Waals surface area (Å²) in [4.78, 5) is 22.2. The Bertz CT molecular complexity index is 1280. The van der Waals surface area contributed by atoms with Gasteiger partial charge in [-0.15, -0.1) is 0 Å². The molecule has 5 heterocycles. The maximum Gasteiger partial charge on any atom is 0.255 e. The molecule has 0 saturated carbocycles. The molecular formula is C26H30N6O. The monoisotopic (exact) mass is 442 g/mol. The SMILES string of the molecule is CCc1nc(C)cn2nc(C3=C\C(=O)N4C=C(N5CCN[C@H](C)C5)C=C(C)\C4=C/C=C/3)cc12. The van der Waals surface area contributed by atoms with Crippen LogP contribution in [0.4, 0.5) is 0 Å². The van der Waals surface area contributed by atoms with Gasteiger partial charge < -0.3 is 10.2 Å². The van der Waals surface area contributed by atoms with E-state index in [0.717, 1.165) is 71.2 Å². The van der Waals surface area contributed by atoms with Crippen molar-refractivity contribution in [3.05, 3.63) is 82.9 Å². The van der Waals surface area contributed by atoms with Crippen molar-refractivity contribution in [1.29, 1.82) is 0 Å². The predicted octanol–water partition coefficient (Wildman–Crippen LogP) is 3.36.